The Morgan fingerprint density at radius 3 is 2.34 bits per heavy atom. The van der Waals surface area contributed by atoms with E-state index in [4.69, 9.17) is 0 Å². The summed E-state index contributed by atoms with van der Waals surface area (Å²) >= 11 is 4.59. The van der Waals surface area contributed by atoms with E-state index in [1.165, 1.54) is 39.0 Å². The molecule has 156 valence electrons. The minimum atomic E-state index is -0.185. The molecular weight excluding hydrogens is 404 g/mol. The molecule has 0 radical (unpaired) electrons. The second-order valence-electron chi connectivity index (χ2n) is 8.98. The minimum Gasteiger partial charge on any atom is -0.143 e. The number of benzene rings is 3. The molecule has 2 atom stereocenters. The summed E-state index contributed by atoms with van der Waals surface area (Å²) in [6.07, 6.45) is 15.2. The van der Waals surface area contributed by atoms with Crippen LogP contribution in [-0.4, -0.2) is 0 Å². The molecule has 0 N–H and O–H groups in total. The van der Waals surface area contributed by atoms with Crippen molar-refractivity contribution in [1.29, 1.82) is 0 Å². The van der Waals surface area contributed by atoms with Crippen molar-refractivity contribution < 1.29 is 0 Å². The Labute approximate surface area is 196 Å². The van der Waals surface area contributed by atoms with E-state index in [9.17, 15) is 0 Å². The Balaban J connectivity index is 1.62. The summed E-state index contributed by atoms with van der Waals surface area (Å²) in [5.41, 5.74) is 9.66. The zero-order valence-electron chi connectivity index (χ0n) is 18.0. The molecule has 0 saturated heterocycles. The first-order valence-corrected chi connectivity index (χ1v) is 12.0. The Bertz CT molecular complexity index is 1290. The first-order valence-electron chi connectivity index (χ1n) is 11.5. The summed E-state index contributed by atoms with van der Waals surface area (Å²) in [6.45, 7) is 0. The lowest BCUT2D eigenvalue weighted by Gasteiger charge is -2.41. The van der Waals surface area contributed by atoms with Crippen LogP contribution in [0.3, 0.4) is 0 Å². The van der Waals surface area contributed by atoms with Crippen LogP contribution >= 0.6 is 12.6 Å². The van der Waals surface area contributed by atoms with E-state index >= 15 is 0 Å². The van der Waals surface area contributed by atoms with E-state index in [0.717, 1.165) is 24.2 Å². The molecule has 0 aromatic heterocycles. The SMILES string of the molecule is Sc1ccc(C2(C3=CCCC=C3)c3ccccc3C3=CC=C(c4ccccc4)CC32)cc1. The molecule has 3 aliphatic carbocycles. The molecule has 0 aliphatic heterocycles. The van der Waals surface area contributed by atoms with Crippen molar-refractivity contribution in [2.75, 3.05) is 0 Å². The number of hydrogen-bond donors (Lipinski definition) is 1. The van der Waals surface area contributed by atoms with E-state index in [0.29, 0.717) is 5.92 Å². The van der Waals surface area contributed by atoms with Gasteiger partial charge in [-0.2, -0.15) is 0 Å². The van der Waals surface area contributed by atoms with Crippen LogP contribution in [0.2, 0.25) is 0 Å². The topological polar surface area (TPSA) is 0 Å². The maximum Gasteiger partial charge on any atom is 0.0525 e. The van der Waals surface area contributed by atoms with E-state index in [1.807, 2.05) is 0 Å². The van der Waals surface area contributed by atoms with Crippen LogP contribution in [0.1, 0.15) is 41.5 Å². The zero-order valence-corrected chi connectivity index (χ0v) is 18.9. The van der Waals surface area contributed by atoms with Crippen LogP contribution in [0.4, 0.5) is 0 Å². The third kappa shape index (κ3) is 2.92. The molecule has 0 spiro atoms. The molecule has 1 heteroatoms. The van der Waals surface area contributed by atoms with Crippen LogP contribution in [0.15, 0.2) is 120 Å². The lowest BCUT2D eigenvalue weighted by atomic mass is 9.61. The van der Waals surface area contributed by atoms with Crippen molar-refractivity contribution in [2.45, 2.75) is 29.6 Å². The average Bonchev–Trinajstić information content (AvgIpc) is 3.16. The minimum absolute atomic E-state index is 0.185. The molecule has 3 aliphatic rings. The van der Waals surface area contributed by atoms with Gasteiger partial charge in [-0.15, -0.1) is 12.6 Å². The lowest BCUT2D eigenvalue weighted by molar-refractivity contribution is 0.484. The van der Waals surface area contributed by atoms with Crippen molar-refractivity contribution in [3.8, 4) is 0 Å². The standard InChI is InChI=1S/C31H26S/c32-26-18-16-25(17-19-26)31(24-11-5-2-6-12-24)29-14-8-7-13-27(29)28-20-15-23(21-30(28)31)22-9-3-1-4-10-22/h1,3-5,7-20,30,32H,2,6,21H2. The predicted molar refractivity (Wildman–Crippen MR) is 138 cm³/mol. The van der Waals surface area contributed by atoms with Crippen molar-refractivity contribution in [1.82, 2.24) is 0 Å². The van der Waals surface area contributed by atoms with Gasteiger partial charge in [0.1, 0.15) is 0 Å². The van der Waals surface area contributed by atoms with Gasteiger partial charge in [0.25, 0.3) is 0 Å². The number of hydrogen-bond acceptors (Lipinski definition) is 1. The molecule has 0 amide bonds. The molecule has 0 saturated carbocycles. The van der Waals surface area contributed by atoms with Crippen LogP contribution < -0.4 is 0 Å². The van der Waals surface area contributed by atoms with E-state index < -0.39 is 0 Å². The van der Waals surface area contributed by atoms with E-state index in [-0.39, 0.29) is 5.41 Å². The first-order chi connectivity index (χ1) is 15.8. The molecule has 32 heavy (non-hydrogen) atoms. The monoisotopic (exact) mass is 430 g/mol. The summed E-state index contributed by atoms with van der Waals surface area (Å²) in [5.74, 6) is 0.361. The second kappa shape index (κ2) is 7.83. The third-order valence-corrected chi connectivity index (χ3v) is 7.66. The highest BCUT2D eigenvalue weighted by Gasteiger charge is 2.52. The molecular formula is C31H26S. The van der Waals surface area contributed by atoms with Gasteiger partial charge in [-0.25, -0.2) is 0 Å². The van der Waals surface area contributed by atoms with Crippen LogP contribution in [0.5, 0.6) is 0 Å². The number of rotatable bonds is 3. The summed E-state index contributed by atoms with van der Waals surface area (Å²) in [4.78, 5) is 1.01. The zero-order chi connectivity index (χ0) is 21.5. The molecule has 0 nitrogen and oxygen atoms in total. The van der Waals surface area contributed by atoms with Crippen LogP contribution in [-0.2, 0) is 5.41 Å². The van der Waals surface area contributed by atoms with Gasteiger partial charge in [0, 0.05) is 10.8 Å². The number of fused-ring (bicyclic) bond motifs is 3. The maximum atomic E-state index is 4.59. The first kappa shape index (κ1) is 19.6. The van der Waals surface area contributed by atoms with Crippen molar-refractivity contribution in [2.24, 2.45) is 5.92 Å². The van der Waals surface area contributed by atoms with E-state index in [2.05, 4.69) is 122 Å². The number of thiol groups is 1. The van der Waals surface area contributed by atoms with Gasteiger partial charge < -0.3 is 0 Å². The fraction of sp³-hybridized carbons (Fsp3) is 0.161. The van der Waals surface area contributed by atoms with Crippen molar-refractivity contribution in [3.63, 3.8) is 0 Å². The maximum absolute atomic E-state index is 4.59. The van der Waals surface area contributed by atoms with Gasteiger partial charge in [-0.1, -0.05) is 97.1 Å². The van der Waals surface area contributed by atoms with Gasteiger partial charge in [-0.3, -0.25) is 0 Å². The molecule has 3 aromatic carbocycles. The van der Waals surface area contributed by atoms with Crippen LogP contribution in [0, 0.1) is 5.92 Å². The highest BCUT2D eigenvalue weighted by molar-refractivity contribution is 7.80. The number of allylic oxidation sites excluding steroid dienone is 8. The second-order valence-corrected chi connectivity index (χ2v) is 9.49. The molecule has 0 heterocycles. The van der Waals surface area contributed by atoms with Crippen LogP contribution in [0.25, 0.3) is 11.1 Å². The normalized spacial score (nSPS) is 23.7. The Hall–Kier alpha value is -3.03. The van der Waals surface area contributed by atoms with Gasteiger partial charge in [0.15, 0.2) is 0 Å². The quantitative estimate of drug-likeness (QED) is 0.399. The summed E-state index contributed by atoms with van der Waals surface area (Å²) in [6, 6.07) is 28.8. The molecule has 3 aromatic rings. The Morgan fingerprint density at radius 1 is 0.781 bits per heavy atom. The molecule has 6 rings (SSSR count). The van der Waals surface area contributed by atoms with Crippen molar-refractivity contribution in [3.05, 3.63) is 137 Å². The predicted octanol–water partition coefficient (Wildman–Crippen LogP) is 8.04. The fourth-order valence-corrected chi connectivity index (χ4v) is 6.16. The Morgan fingerprint density at radius 2 is 1.56 bits per heavy atom. The molecule has 0 fully saturated rings. The summed E-state index contributed by atoms with van der Waals surface area (Å²) in [5, 5.41) is 0. The molecule has 0 bridgehead atoms. The summed E-state index contributed by atoms with van der Waals surface area (Å²) < 4.78 is 0. The fourth-order valence-electron chi connectivity index (χ4n) is 6.01. The Kier molecular flexibility index (Phi) is 4.81. The largest absolute Gasteiger partial charge is 0.143 e. The van der Waals surface area contributed by atoms with E-state index in [1.54, 1.807) is 0 Å². The smallest absolute Gasteiger partial charge is 0.0525 e. The molecule has 2 unspecified atom stereocenters. The highest BCUT2D eigenvalue weighted by Crippen LogP contribution is 2.61. The highest BCUT2D eigenvalue weighted by atomic mass is 32.1. The van der Waals surface area contributed by atoms with Crippen molar-refractivity contribution >= 4 is 23.8 Å². The lowest BCUT2D eigenvalue weighted by Crippen LogP contribution is -2.36. The van der Waals surface area contributed by atoms with Gasteiger partial charge in [0.2, 0.25) is 0 Å². The van der Waals surface area contributed by atoms with Gasteiger partial charge in [-0.05, 0) is 70.4 Å². The van der Waals surface area contributed by atoms with Gasteiger partial charge in [0.05, 0.1) is 5.41 Å². The van der Waals surface area contributed by atoms with Gasteiger partial charge >= 0.3 is 0 Å². The third-order valence-electron chi connectivity index (χ3n) is 7.37. The average molecular weight is 431 g/mol. The summed E-state index contributed by atoms with van der Waals surface area (Å²) in [7, 11) is 0.